The molecule has 1 N–H and O–H groups in total. The fraction of sp³-hybridized carbons (Fsp3) is 0.222. The van der Waals surface area contributed by atoms with Gasteiger partial charge in [0.2, 0.25) is 0 Å². The summed E-state index contributed by atoms with van der Waals surface area (Å²) in [4.78, 5) is 2.63. The first kappa shape index (κ1) is 35.6. The normalized spacial score (nSPS) is 16.4. The summed E-state index contributed by atoms with van der Waals surface area (Å²) >= 11 is 0. The van der Waals surface area contributed by atoms with Gasteiger partial charge in [-0.25, -0.2) is 0 Å². The molecule has 7 aromatic carbocycles. The van der Waals surface area contributed by atoms with E-state index in [4.69, 9.17) is 0 Å². The van der Waals surface area contributed by atoms with Gasteiger partial charge >= 0.3 is 0 Å². The predicted molar refractivity (Wildman–Crippen MR) is 244 cm³/mol. The van der Waals surface area contributed by atoms with E-state index in [2.05, 4.69) is 212 Å². The van der Waals surface area contributed by atoms with Crippen molar-refractivity contribution in [2.45, 2.75) is 77.6 Å². The van der Waals surface area contributed by atoms with Gasteiger partial charge in [0, 0.05) is 33.7 Å². The first-order chi connectivity index (χ1) is 27.4. The summed E-state index contributed by atoms with van der Waals surface area (Å²) in [6.45, 7) is 16.9. The Balaban J connectivity index is 1.15. The summed E-state index contributed by atoms with van der Waals surface area (Å²) in [7, 11) is 2.45. The second-order valence-electron chi connectivity index (χ2n) is 18.5. The molecule has 0 saturated carbocycles. The van der Waals surface area contributed by atoms with Crippen LogP contribution in [0.4, 0.5) is 28.4 Å². The minimum absolute atomic E-state index is 0.106. The third-order valence-electron chi connectivity index (χ3n) is 13.3. The molecular weight excluding hydrogens is 687 g/mol. The lowest BCUT2D eigenvalue weighted by atomic mass is 9.55. The van der Waals surface area contributed by atoms with E-state index in [9.17, 15) is 0 Å². The van der Waals surface area contributed by atoms with Crippen LogP contribution in [0.5, 0.6) is 0 Å². The van der Waals surface area contributed by atoms with Crippen LogP contribution < -0.4 is 21.1 Å². The van der Waals surface area contributed by atoms with Gasteiger partial charge in [0.15, 0.2) is 7.28 Å². The summed E-state index contributed by atoms with van der Waals surface area (Å²) in [5, 5.41) is 3.93. The molecule has 2 nitrogen and oxygen atoms in total. The van der Waals surface area contributed by atoms with Gasteiger partial charge < -0.3 is 10.2 Å². The maximum Gasteiger partial charge on any atom is 0.197 e. The molecule has 2 heterocycles. The molecule has 10 rings (SSSR count). The number of nitrogens with one attached hydrogen (secondary N) is 1. The molecule has 0 saturated heterocycles. The number of para-hydroxylation sites is 2. The summed E-state index contributed by atoms with van der Waals surface area (Å²) < 4.78 is 0. The summed E-state index contributed by atoms with van der Waals surface area (Å²) in [6.07, 6.45) is 2.39. The summed E-state index contributed by atoms with van der Waals surface area (Å²) in [5.74, 6) is 0. The van der Waals surface area contributed by atoms with E-state index in [1.807, 2.05) is 0 Å². The van der Waals surface area contributed by atoms with Crippen molar-refractivity contribution in [3.63, 3.8) is 0 Å². The van der Waals surface area contributed by atoms with E-state index in [-0.39, 0.29) is 16.2 Å². The third kappa shape index (κ3) is 5.77. The first-order valence-corrected chi connectivity index (χ1v) is 20.6. The number of fused-ring (bicyclic) bond motifs is 5. The fourth-order valence-electron chi connectivity index (χ4n) is 10.0. The zero-order chi connectivity index (χ0) is 39.3. The smallest absolute Gasteiger partial charge is 0.197 e. The highest BCUT2D eigenvalue weighted by molar-refractivity contribution is 6.73. The topological polar surface area (TPSA) is 15.3 Å². The molecule has 0 unspecified atom stereocenters. The van der Waals surface area contributed by atoms with Gasteiger partial charge in [-0.3, -0.25) is 0 Å². The quantitative estimate of drug-likeness (QED) is 0.177. The number of benzene rings is 7. The van der Waals surface area contributed by atoms with Crippen LogP contribution in [0.1, 0.15) is 82.2 Å². The molecule has 1 aliphatic carbocycles. The van der Waals surface area contributed by atoms with Gasteiger partial charge in [0.1, 0.15) is 0 Å². The average molecular weight is 738 g/mol. The van der Waals surface area contributed by atoms with Crippen LogP contribution in [-0.4, -0.2) is 7.28 Å². The summed E-state index contributed by atoms with van der Waals surface area (Å²) in [6, 6.07) is 54.0. The number of anilines is 5. The second kappa shape index (κ2) is 12.9. The van der Waals surface area contributed by atoms with Crippen LogP contribution in [0.2, 0.25) is 0 Å². The molecule has 57 heavy (non-hydrogen) atoms. The highest BCUT2D eigenvalue weighted by atomic mass is 15.2. The maximum atomic E-state index is 3.93. The lowest BCUT2D eigenvalue weighted by molar-refractivity contribution is 0.331. The van der Waals surface area contributed by atoms with Gasteiger partial charge in [-0.1, -0.05) is 156 Å². The van der Waals surface area contributed by atoms with Gasteiger partial charge in [-0.2, -0.15) is 0 Å². The van der Waals surface area contributed by atoms with Crippen LogP contribution in [0.3, 0.4) is 0 Å². The standard InChI is InChI=1S/C54H50BN2/c1-34-27-41(40-21-14-15-24-47(40)56-39-30-37(35-17-10-8-11-18-35)29-38(31-39)36-19-12-9-13-20-36)50-49(28-34)57-48-33-44-43(52(2,3)25-26-53(44,4)5)32-45(48)54(6,7)42-22-16-23-46(55-50)51(42)57/h8-24,27-33,56H,25-26H2,1-7H3. The minimum atomic E-state index is -0.148. The molecule has 0 amide bonds. The van der Waals surface area contributed by atoms with Crippen LogP contribution in [0.25, 0.3) is 33.4 Å². The summed E-state index contributed by atoms with van der Waals surface area (Å²) in [5.41, 5.74) is 22.9. The highest BCUT2D eigenvalue weighted by Crippen LogP contribution is 2.56. The molecule has 0 bridgehead atoms. The Hall–Kier alpha value is -5.80. The molecule has 0 aromatic heterocycles. The molecule has 3 heteroatoms. The Bertz CT molecular complexity index is 2660. The van der Waals surface area contributed by atoms with E-state index < -0.39 is 0 Å². The predicted octanol–water partition coefficient (Wildman–Crippen LogP) is 13.2. The zero-order valence-corrected chi connectivity index (χ0v) is 34.3. The van der Waals surface area contributed by atoms with E-state index in [0.717, 1.165) is 11.4 Å². The molecule has 279 valence electrons. The molecule has 2 aliphatic heterocycles. The van der Waals surface area contributed by atoms with Crippen molar-refractivity contribution >= 4 is 46.6 Å². The van der Waals surface area contributed by atoms with E-state index in [0.29, 0.717) is 0 Å². The van der Waals surface area contributed by atoms with E-state index >= 15 is 0 Å². The molecule has 1 radical (unpaired) electrons. The molecule has 0 fully saturated rings. The number of rotatable bonds is 5. The number of hydrogen-bond donors (Lipinski definition) is 1. The SMILES string of the molecule is Cc1cc(-c2ccccc2Nc2cc(-c3ccccc3)cc(-c3ccccc3)c2)c2c(c1)N1c3cc4c(cc3C(C)(C)c3cccc(c31)[B]2)C(C)(C)CCC4(C)C. The van der Waals surface area contributed by atoms with Crippen LogP contribution in [0.15, 0.2) is 146 Å². The van der Waals surface area contributed by atoms with Crippen LogP contribution in [0, 0.1) is 6.92 Å². The van der Waals surface area contributed by atoms with Crippen molar-refractivity contribution in [2.24, 2.45) is 0 Å². The Morgan fingerprint density at radius 3 is 1.79 bits per heavy atom. The Kier molecular flexibility index (Phi) is 8.04. The minimum Gasteiger partial charge on any atom is -0.355 e. The van der Waals surface area contributed by atoms with Gasteiger partial charge in [0.25, 0.3) is 0 Å². The first-order valence-electron chi connectivity index (χ1n) is 20.6. The van der Waals surface area contributed by atoms with Crippen LogP contribution in [-0.2, 0) is 16.2 Å². The maximum absolute atomic E-state index is 3.93. The molecule has 0 atom stereocenters. The fourth-order valence-corrected chi connectivity index (χ4v) is 10.0. The number of hydrogen-bond acceptors (Lipinski definition) is 2. The van der Waals surface area contributed by atoms with Crippen molar-refractivity contribution in [3.05, 3.63) is 173 Å². The van der Waals surface area contributed by atoms with Crippen molar-refractivity contribution < 1.29 is 0 Å². The zero-order valence-electron chi connectivity index (χ0n) is 34.3. The second-order valence-corrected chi connectivity index (χ2v) is 18.5. The van der Waals surface area contributed by atoms with Crippen molar-refractivity contribution in [1.82, 2.24) is 0 Å². The molecular formula is C54H50BN2. The lowest BCUT2D eigenvalue weighted by Crippen LogP contribution is -2.46. The van der Waals surface area contributed by atoms with Gasteiger partial charge in [0.05, 0.1) is 5.69 Å². The molecule has 3 aliphatic rings. The number of nitrogens with zero attached hydrogens (tertiary/aromatic N) is 1. The van der Waals surface area contributed by atoms with Gasteiger partial charge in [-0.05, 0) is 128 Å². The van der Waals surface area contributed by atoms with E-state index in [1.54, 1.807) is 0 Å². The molecule has 0 spiro atoms. The third-order valence-corrected chi connectivity index (χ3v) is 13.3. The van der Waals surface area contributed by atoms with E-state index in [1.165, 1.54) is 102 Å². The van der Waals surface area contributed by atoms with Crippen LogP contribution >= 0.6 is 0 Å². The van der Waals surface area contributed by atoms with Gasteiger partial charge in [-0.15, -0.1) is 0 Å². The Morgan fingerprint density at radius 1 is 0.509 bits per heavy atom. The Morgan fingerprint density at radius 2 is 1.12 bits per heavy atom. The van der Waals surface area contributed by atoms with Crippen molar-refractivity contribution in [2.75, 3.05) is 10.2 Å². The van der Waals surface area contributed by atoms with Crippen molar-refractivity contribution in [3.8, 4) is 33.4 Å². The monoisotopic (exact) mass is 737 g/mol. The molecule has 7 aromatic rings. The average Bonchev–Trinajstić information content (AvgIpc) is 3.21. The largest absolute Gasteiger partial charge is 0.355 e. The van der Waals surface area contributed by atoms with Crippen molar-refractivity contribution in [1.29, 1.82) is 0 Å². The number of aryl methyl sites for hydroxylation is 1. The Labute approximate surface area is 339 Å². The lowest BCUT2D eigenvalue weighted by Gasteiger charge is -2.49. The highest BCUT2D eigenvalue weighted by Gasteiger charge is 2.45.